The average molecular weight is 311 g/mol. The summed E-state index contributed by atoms with van der Waals surface area (Å²) in [6.07, 6.45) is 1.66. The Morgan fingerprint density at radius 3 is 2.87 bits per heavy atom. The van der Waals surface area contributed by atoms with Crippen LogP contribution in [0.25, 0.3) is 11.0 Å². The Kier molecular flexibility index (Phi) is 4.18. The van der Waals surface area contributed by atoms with Crippen molar-refractivity contribution in [3.63, 3.8) is 0 Å². The highest BCUT2D eigenvalue weighted by Crippen LogP contribution is 2.24. The highest BCUT2D eigenvalue weighted by atomic mass is 16.6. The molecule has 23 heavy (non-hydrogen) atoms. The second-order valence-corrected chi connectivity index (χ2v) is 5.28. The van der Waals surface area contributed by atoms with E-state index < -0.39 is 4.92 Å². The molecule has 1 heterocycles. The Labute approximate surface area is 133 Å². The van der Waals surface area contributed by atoms with Crippen LogP contribution in [0.15, 0.2) is 48.5 Å². The molecule has 1 N–H and O–H groups in total. The molecule has 1 atom stereocenters. The molecule has 0 amide bonds. The minimum Gasteiger partial charge on any atom is -0.363 e. The quantitative estimate of drug-likeness (QED) is 0.553. The van der Waals surface area contributed by atoms with Gasteiger partial charge in [-0.15, -0.1) is 5.10 Å². The smallest absolute Gasteiger partial charge is 0.271 e. The summed E-state index contributed by atoms with van der Waals surface area (Å²) >= 11 is 0. The first kappa shape index (κ1) is 15.0. The van der Waals surface area contributed by atoms with Gasteiger partial charge in [-0.3, -0.25) is 10.1 Å². The van der Waals surface area contributed by atoms with Crippen molar-refractivity contribution >= 4 is 22.4 Å². The highest BCUT2D eigenvalue weighted by Gasteiger charge is 2.16. The lowest BCUT2D eigenvalue weighted by molar-refractivity contribution is -0.384. The van der Waals surface area contributed by atoms with E-state index in [0.29, 0.717) is 5.69 Å². The zero-order chi connectivity index (χ0) is 16.2. The number of rotatable bonds is 6. The van der Waals surface area contributed by atoms with E-state index in [1.54, 1.807) is 6.07 Å². The molecule has 0 saturated heterocycles. The van der Waals surface area contributed by atoms with Gasteiger partial charge in [-0.25, -0.2) is 4.68 Å². The molecular formula is C16H17N5O2. The lowest BCUT2D eigenvalue weighted by Gasteiger charge is -2.20. The van der Waals surface area contributed by atoms with Crippen molar-refractivity contribution in [1.29, 1.82) is 0 Å². The van der Waals surface area contributed by atoms with Crippen LogP contribution in [-0.4, -0.2) is 19.9 Å². The molecule has 0 aliphatic rings. The van der Waals surface area contributed by atoms with Gasteiger partial charge in [0.1, 0.15) is 11.7 Å². The Morgan fingerprint density at radius 1 is 1.26 bits per heavy atom. The molecule has 1 aromatic heterocycles. The maximum atomic E-state index is 10.9. The molecule has 118 valence electrons. The van der Waals surface area contributed by atoms with Gasteiger partial charge in [-0.2, -0.15) is 0 Å². The fraction of sp³-hybridized carbons (Fsp3) is 0.250. The third kappa shape index (κ3) is 3.13. The molecule has 3 rings (SSSR count). The van der Waals surface area contributed by atoms with Crippen LogP contribution in [-0.2, 0) is 0 Å². The predicted molar refractivity (Wildman–Crippen MR) is 88.2 cm³/mol. The van der Waals surface area contributed by atoms with E-state index in [-0.39, 0.29) is 11.9 Å². The van der Waals surface area contributed by atoms with Crippen molar-refractivity contribution in [2.24, 2.45) is 0 Å². The summed E-state index contributed by atoms with van der Waals surface area (Å²) in [4.78, 5) is 10.5. The number of hydrogen-bond acceptors (Lipinski definition) is 5. The predicted octanol–water partition coefficient (Wildman–Crippen LogP) is 3.75. The van der Waals surface area contributed by atoms with E-state index >= 15 is 0 Å². The summed E-state index contributed by atoms with van der Waals surface area (Å²) in [5.74, 6) is 0. The first-order chi connectivity index (χ1) is 11.2. The second kappa shape index (κ2) is 6.43. The number of non-ortho nitro benzene ring substituents is 1. The first-order valence-electron chi connectivity index (χ1n) is 7.50. The number of nitrogens with zero attached hydrogens (tertiary/aromatic N) is 4. The summed E-state index contributed by atoms with van der Waals surface area (Å²) in [5.41, 5.74) is 2.52. The topological polar surface area (TPSA) is 85.9 Å². The van der Waals surface area contributed by atoms with Gasteiger partial charge in [0.15, 0.2) is 0 Å². The van der Waals surface area contributed by atoms with Crippen LogP contribution >= 0.6 is 0 Å². The van der Waals surface area contributed by atoms with Gasteiger partial charge in [0.2, 0.25) is 0 Å². The van der Waals surface area contributed by atoms with Gasteiger partial charge in [-0.1, -0.05) is 36.8 Å². The molecule has 0 bridgehead atoms. The lowest BCUT2D eigenvalue weighted by Crippen LogP contribution is -2.19. The van der Waals surface area contributed by atoms with Crippen molar-refractivity contribution in [3.8, 4) is 0 Å². The summed E-state index contributed by atoms with van der Waals surface area (Å²) in [5, 5.41) is 22.7. The van der Waals surface area contributed by atoms with Crippen molar-refractivity contribution in [1.82, 2.24) is 15.0 Å². The third-order valence-electron chi connectivity index (χ3n) is 3.62. The van der Waals surface area contributed by atoms with Crippen LogP contribution in [0.1, 0.15) is 25.9 Å². The fourth-order valence-corrected chi connectivity index (χ4v) is 2.55. The van der Waals surface area contributed by atoms with Gasteiger partial charge >= 0.3 is 0 Å². The molecule has 7 heteroatoms. The van der Waals surface area contributed by atoms with Crippen LogP contribution < -0.4 is 5.32 Å². The van der Waals surface area contributed by atoms with Gasteiger partial charge in [0.25, 0.3) is 5.69 Å². The minimum atomic E-state index is -0.398. The number of hydrogen-bond donors (Lipinski definition) is 1. The fourth-order valence-electron chi connectivity index (χ4n) is 2.55. The second-order valence-electron chi connectivity index (χ2n) is 5.28. The monoisotopic (exact) mass is 311 g/mol. The normalized spacial score (nSPS) is 12.2. The zero-order valence-electron chi connectivity index (χ0n) is 12.7. The SMILES string of the molecule is CCC[C@@H](Nc1cccc([N+](=O)[O-])c1)n1nnc2ccccc21. The molecule has 0 fully saturated rings. The molecule has 0 saturated carbocycles. The summed E-state index contributed by atoms with van der Waals surface area (Å²) in [6.45, 7) is 2.08. The number of nitro benzene ring substituents is 1. The van der Waals surface area contributed by atoms with Crippen LogP contribution in [0.4, 0.5) is 11.4 Å². The molecule has 0 spiro atoms. The molecule has 0 radical (unpaired) electrons. The average Bonchev–Trinajstić information content (AvgIpc) is 2.99. The van der Waals surface area contributed by atoms with Crippen molar-refractivity contribution in [3.05, 3.63) is 58.6 Å². The number of nitro groups is 1. The molecule has 0 aliphatic carbocycles. The van der Waals surface area contributed by atoms with Crippen LogP contribution in [0.3, 0.4) is 0 Å². The first-order valence-corrected chi connectivity index (χ1v) is 7.50. The number of fused-ring (bicyclic) bond motifs is 1. The van der Waals surface area contributed by atoms with E-state index in [0.717, 1.165) is 23.9 Å². The van der Waals surface area contributed by atoms with E-state index in [9.17, 15) is 10.1 Å². The Morgan fingerprint density at radius 2 is 2.09 bits per heavy atom. The molecule has 0 aliphatic heterocycles. The van der Waals surface area contributed by atoms with Crippen molar-refractivity contribution in [2.45, 2.75) is 25.9 Å². The third-order valence-corrected chi connectivity index (χ3v) is 3.62. The van der Waals surface area contributed by atoms with Crippen LogP contribution in [0.5, 0.6) is 0 Å². The number of benzene rings is 2. The summed E-state index contributed by atoms with van der Waals surface area (Å²) < 4.78 is 1.83. The van der Waals surface area contributed by atoms with E-state index in [1.807, 2.05) is 35.0 Å². The van der Waals surface area contributed by atoms with Crippen LogP contribution in [0.2, 0.25) is 0 Å². The summed E-state index contributed by atoms with van der Waals surface area (Å²) in [6, 6.07) is 14.2. The van der Waals surface area contributed by atoms with Crippen LogP contribution in [0, 0.1) is 10.1 Å². The Hall–Kier alpha value is -2.96. The molecular weight excluding hydrogens is 294 g/mol. The molecule has 2 aromatic carbocycles. The number of aromatic nitrogens is 3. The maximum Gasteiger partial charge on any atom is 0.271 e. The number of anilines is 1. The van der Waals surface area contributed by atoms with Gasteiger partial charge in [-0.05, 0) is 24.6 Å². The van der Waals surface area contributed by atoms with E-state index in [4.69, 9.17) is 0 Å². The van der Waals surface area contributed by atoms with Gasteiger partial charge in [0, 0.05) is 17.8 Å². The minimum absolute atomic E-state index is 0.0636. The standard InChI is InChI=1S/C16H17N5O2/c1-2-6-16(17-12-7-5-8-13(11-12)21(22)23)20-15-10-4-3-9-14(15)18-19-20/h3-5,7-11,16-17H,2,6H2,1H3/t16-/m0/s1. The highest BCUT2D eigenvalue weighted by molar-refractivity contribution is 5.74. The number of nitrogens with one attached hydrogen (secondary N) is 1. The lowest BCUT2D eigenvalue weighted by atomic mass is 10.2. The zero-order valence-corrected chi connectivity index (χ0v) is 12.7. The molecule has 7 nitrogen and oxygen atoms in total. The number of para-hydroxylation sites is 1. The maximum absolute atomic E-state index is 10.9. The Bertz CT molecular complexity index is 830. The molecule has 3 aromatic rings. The van der Waals surface area contributed by atoms with Crippen molar-refractivity contribution < 1.29 is 4.92 Å². The van der Waals surface area contributed by atoms with Crippen molar-refractivity contribution in [2.75, 3.05) is 5.32 Å². The Balaban J connectivity index is 1.93. The largest absolute Gasteiger partial charge is 0.363 e. The summed E-state index contributed by atoms with van der Waals surface area (Å²) in [7, 11) is 0. The van der Waals surface area contributed by atoms with Gasteiger partial charge < -0.3 is 5.32 Å². The molecule has 0 unspecified atom stereocenters. The van der Waals surface area contributed by atoms with E-state index in [1.165, 1.54) is 12.1 Å². The van der Waals surface area contributed by atoms with Gasteiger partial charge in [0.05, 0.1) is 10.4 Å². The van der Waals surface area contributed by atoms with E-state index in [2.05, 4.69) is 22.6 Å².